The van der Waals surface area contributed by atoms with Crippen LogP contribution in [0.2, 0.25) is 0 Å². The third kappa shape index (κ3) is 4.78. The summed E-state index contributed by atoms with van der Waals surface area (Å²) in [5.74, 6) is 1.52. The number of hydrogen-bond acceptors (Lipinski definition) is 4. The monoisotopic (exact) mass is 313 g/mol. The minimum Gasteiger partial charge on any atom is -0.497 e. The van der Waals surface area contributed by atoms with Crippen LogP contribution in [0.3, 0.4) is 0 Å². The van der Waals surface area contributed by atoms with Crippen molar-refractivity contribution in [1.82, 2.24) is 0 Å². The quantitative estimate of drug-likeness (QED) is 0.798. The van der Waals surface area contributed by atoms with E-state index in [-0.39, 0.29) is 0 Å². The van der Waals surface area contributed by atoms with Gasteiger partial charge in [0.25, 0.3) is 0 Å². The third-order valence-corrected chi connectivity index (χ3v) is 3.18. The van der Waals surface area contributed by atoms with Gasteiger partial charge in [-0.25, -0.2) is 0 Å². The van der Waals surface area contributed by atoms with Crippen molar-refractivity contribution < 1.29 is 19.0 Å². The van der Waals surface area contributed by atoms with Crippen molar-refractivity contribution in [2.24, 2.45) is 5.73 Å². The number of ether oxygens (including phenoxy) is 3. The molecule has 0 heterocycles. The normalized spacial score (nSPS) is 10.5. The minimum atomic E-state index is -0.496. The van der Waals surface area contributed by atoms with Crippen molar-refractivity contribution in [1.29, 1.82) is 0 Å². The molecule has 2 aromatic rings. The summed E-state index contributed by atoms with van der Waals surface area (Å²) in [4.78, 5) is 10.8. The molecule has 2 N–H and O–H groups in total. The highest BCUT2D eigenvalue weighted by molar-refractivity contribution is 5.90. The van der Waals surface area contributed by atoms with Crippen molar-refractivity contribution >= 4 is 12.0 Å². The highest BCUT2D eigenvalue weighted by Gasteiger charge is 2.05. The van der Waals surface area contributed by atoms with E-state index in [4.69, 9.17) is 19.9 Å². The highest BCUT2D eigenvalue weighted by Crippen LogP contribution is 2.29. The van der Waals surface area contributed by atoms with Crippen LogP contribution in [0.5, 0.6) is 17.2 Å². The van der Waals surface area contributed by atoms with Gasteiger partial charge in [0.2, 0.25) is 5.91 Å². The molecule has 1 amide bonds. The summed E-state index contributed by atoms with van der Waals surface area (Å²) >= 11 is 0. The Morgan fingerprint density at radius 1 is 1.04 bits per heavy atom. The van der Waals surface area contributed by atoms with Crippen LogP contribution >= 0.6 is 0 Å². The fraction of sp³-hybridized carbons (Fsp3) is 0.167. The lowest BCUT2D eigenvalue weighted by molar-refractivity contribution is -0.113. The Labute approximate surface area is 135 Å². The maximum absolute atomic E-state index is 10.8. The number of primary amides is 1. The number of carbonyl (C=O) groups is 1. The second kappa shape index (κ2) is 7.89. The third-order valence-electron chi connectivity index (χ3n) is 3.18. The van der Waals surface area contributed by atoms with Crippen LogP contribution in [0.1, 0.15) is 11.1 Å². The molecule has 0 saturated heterocycles. The lowest BCUT2D eigenvalue weighted by Gasteiger charge is -2.11. The molecule has 0 bridgehead atoms. The first-order valence-corrected chi connectivity index (χ1v) is 7.03. The van der Waals surface area contributed by atoms with Gasteiger partial charge in [-0.1, -0.05) is 18.2 Å². The van der Waals surface area contributed by atoms with E-state index in [1.165, 1.54) is 6.08 Å². The molecule has 0 aliphatic carbocycles. The number of methoxy groups -OCH3 is 2. The molecule has 0 aromatic heterocycles. The molecule has 0 aliphatic rings. The lowest BCUT2D eigenvalue weighted by atomic mass is 10.2. The molecule has 5 heteroatoms. The molecule has 0 spiro atoms. The highest BCUT2D eigenvalue weighted by atomic mass is 16.5. The summed E-state index contributed by atoms with van der Waals surface area (Å²) in [6, 6.07) is 13.0. The Morgan fingerprint density at radius 2 is 1.78 bits per heavy atom. The number of nitrogens with two attached hydrogens (primary N) is 1. The molecule has 0 atom stereocenters. The number of carbonyl (C=O) groups excluding carboxylic acids is 1. The van der Waals surface area contributed by atoms with Gasteiger partial charge in [0.05, 0.1) is 14.2 Å². The Balaban J connectivity index is 2.08. The Kier molecular flexibility index (Phi) is 5.63. The van der Waals surface area contributed by atoms with Crippen molar-refractivity contribution in [3.63, 3.8) is 0 Å². The molecular formula is C18H19NO4. The van der Waals surface area contributed by atoms with Crippen molar-refractivity contribution in [3.05, 3.63) is 59.7 Å². The van der Waals surface area contributed by atoms with Gasteiger partial charge in [0.1, 0.15) is 12.4 Å². The van der Waals surface area contributed by atoms with Crippen molar-refractivity contribution in [3.8, 4) is 17.2 Å². The average molecular weight is 313 g/mol. The van der Waals surface area contributed by atoms with Gasteiger partial charge in [0.15, 0.2) is 11.5 Å². The number of hydrogen-bond donors (Lipinski definition) is 1. The zero-order valence-corrected chi connectivity index (χ0v) is 13.1. The molecule has 0 aliphatic heterocycles. The fourth-order valence-electron chi connectivity index (χ4n) is 1.97. The first-order chi connectivity index (χ1) is 11.1. The van der Waals surface area contributed by atoms with Gasteiger partial charge in [-0.3, -0.25) is 4.79 Å². The number of amides is 1. The molecule has 2 aromatic carbocycles. The summed E-state index contributed by atoms with van der Waals surface area (Å²) < 4.78 is 16.2. The van der Waals surface area contributed by atoms with Crippen molar-refractivity contribution in [2.75, 3.05) is 14.2 Å². The largest absolute Gasteiger partial charge is 0.497 e. The van der Waals surface area contributed by atoms with Gasteiger partial charge in [-0.15, -0.1) is 0 Å². The van der Waals surface area contributed by atoms with Gasteiger partial charge < -0.3 is 19.9 Å². The smallest absolute Gasteiger partial charge is 0.241 e. The second-order valence-corrected chi connectivity index (χ2v) is 4.78. The molecule has 120 valence electrons. The Morgan fingerprint density at radius 3 is 2.39 bits per heavy atom. The maximum Gasteiger partial charge on any atom is 0.241 e. The van der Waals surface area contributed by atoms with Gasteiger partial charge in [-0.05, 0) is 41.5 Å². The maximum atomic E-state index is 10.8. The van der Waals surface area contributed by atoms with Gasteiger partial charge >= 0.3 is 0 Å². The summed E-state index contributed by atoms with van der Waals surface area (Å²) in [5, 5.41) is 0. The summed E-state index contributed by atoms with van der Waals surface area (Å²) in [5.41, 5.74) is 6.91. The molecular weight excluding hydrogens is 294 g/mol. The zero-order valence-electron chi connectivity index (χ0n) is 13.1. The summed E-state index contributed by atoms with van der Waals surface area (Å²) in [7, 11) is 3.20. The summed E-state index contributed by atoms with van der Waals surface area (Å²) in [6.07, 6.45) is 2.92. The SMILES string of the molecule is COc1ccc(COc2ccc(/C=C\C(N)=O)cc2OC)cc1. The van der Waals surface area contributed by atoms with E-state index in [2.05, 4.69) is 0 Å². The van der Waals surface area contributed by atoms with Crippen LogP contribution in [0.25, 0.3) is 6.08 Å². The predicted octanol–water partition coefficient (Wildman–Crippen LogP) is 2.78. The molecule has 0 fully saturated rings. The van der Waals surface area contributed by atoms with Gasteiger partial charge in [-0.2, -0.15) is 0 Å². The predicted molar refractivity (Wildman–Crippen MR) is 88.5 cm³/mol. The standard InChI is InChI=1S/C18H19NO4/c1-21-15-7-3-14(4-8-15)12-23-16-9-5-13(6-10-18(19)20)11-17(16)22-2/h3-11H,12H2,1-2H3,(H2,19,20)/b10-6-. The fourth-order valence-corrected chi connectivity index (χ4v) is 1.97. The van der Waals surface area contributed by atoms with E-state index in [9.17, 15) is 4.79 Å². The number of benzene rings is 2. The van der Waals surface area contributed by atoms with E-state index >= 15 is 0 Å². The lowest BCUT2D eigenvalue weighted by Crippen LogP contribution is -2.05. The molecule has 0 unspecified atom stereocenters. The van der Waals surface area contributed by atoms with Crippen LogP contribution in [0.15, 0.2) is 48.5 Å². The zero-order chi connectivity index (χ0) is 16.7. The van der Waals surface area contributed by atoms with Crippen LogP contribution in [-0.4, -0.2) is 20.1 Å². The minimum absolute atomic E-state index is 0.414. The molecule has 0 saturated carbocycles. The Bertz CT molecular complexity index is 693. The van der Waals surface area contributed by atoms with Crippen LogP contribution in [-0.2, 0) is 11.4 Å². The van der Waals surface area contributed by atoms with E-state index in [1.807, 2.05) is 30.3 Å². The van der Waals surface area contributed by atoms with E-state index in [0.29, 0.717) is 18.1 Å². The van der Waals surface area contributed by atoms with E-state index < -0.39 is 5.91 Å². The van der Waals surface area contributed by atoms with Crippen molar-refractivity contribution in [2.45, 2.75) is 6.61 Å². The first-order valence-electron chi connectivity index (χ1n) is 7.03. The topological polar surface area (TPSA) is 70.8 Å². The molecule has 0 radical (unpaired) electrons. The van der Waals surface area contributed by atoms with Gasteiger partial charge in [0, 0.05) is 6.08 Å². The average Bonchev–Trinajstić information content (AvgIpc) is 2.58. The van der Waals surface area contributed by atoms with Crippen LogP contribution in [0, 0.1) is 0 Å². The second-order valence-electron chi connectivity index (χ2n) is 4.78. The molecule has 5 nitrogen and oxygen atoms in total. The Hall–Kier alpha value is -2.95. The molecule has 23 heavy (non-hydrogen) atoms. The van der Waals surface area contributed by atoms with Crippen LogP contribution in [0.4, 0.5) is 0 Å². The van der Waals surface area contributed by atoms with Crippen LogP contribution < -0.4 is 19.9 Å². The molecule has 2 rings (SSSR count). The first kappa shape index (κ1) is 16.4. The van der Waals surface area contributed by atoms with E-state index in [1.54, 1.807) is 32.4 Å². The number of rotatable bonds is 7. The van der Waals surface area contributed by atoms with E-state index in [0.717, 1.165) is 16.9 Å². The summed E-state index contributed by atoms with van der Waals surface area (Å²) in [6.45, 7) is 0.414.